The van der Waals surface area contributed by atoms with Crippen molar-refractivity contribution in [3.8, 4) is 5.75 Å². The maximum atomic E-state index is 13.1. The van der Waals surface area contributed by atoms with Crippen LogP contribution < -0.4 is 20.9 Å². The number of nitrogens with zero attached hydrogens (tertiary/aromatic N) is 1. The number of Topliss-reactive ketones (excluding diaryl/α,β-unsaturated/α-hetero) is 1. The zero-order chi connectivity index (χ0) is 35.4. The summed E-state index contributed by atoms with van der Waals surface area (Å²) < 4.78 is 95.4. The minimum Gasteiger partial charge on any atom is -0.475 e. The number of hydrogen-bond acceptors (Lipinski definition) is 7. The summed E-state index contributed by atoms with van der Waals surface area (Å²) in [5.74, 6) is -4.29. The maximum Gasteiger partial charge on any atom is 0.573 e. The maximum absolute atomic E-state index is 13.1. The Morgan fingerprint density at radius 2 is 1.38 bits per heavy atom. The second-order valence-corrected chi connectivity index (χ2v) is 11.2. The molecule has 0 aliphatic carbocycles. The van der Waals surface area contributed by atoms with Gasteiger partial charge in [0, 0.05) is 12.8 Å². The van der Waals surface area contributed by atoms with E-state index in [4.69, 9.17) is 20.8 Å². The van der Waals surface area contributed by atoms with Crippen molar-refractivity contribution in [2.24, 2.45) is 15.9 Å². The predicted octanol–water partition coefficient (Wildman–Crippen LogP) is 3.65. The van der Waals surface area contributed by atoms with Gasteiger partial charge in [-0.25, -0.2) is 23.3 Å². The third-order valence-electron chi connectivity index (χ3n) is 5.88. The number of halogens is 6. The summed E-state index contributed by atoms with van der Waals surface area (Å²) in [6.07, 6.45) is -9.50. The average Bonchev–Trinajstić information content (AvgIpc) is 2.96. The number of carbonyl (C=O) groups is 3. The first-order valence-electron chi connectivity index (χ1n) is 13.2. The Balaban J connectivity index is 0.000000984. The Kier molecular flexibility index (Phi) is 13.5. The Bertz CT molecular complexity index is 1650. The minimum absolute atomic E-state index is 0.0387. The number of amides is 1. The zero-order valence-corrected chi connectivity index (χ0v) is 24.9. The number of carbonyl (C=O) groups excluding carboxylic acids is 2. The Hall–Kier alpha value is -4.97. The number of benzene rings is 3. The van der Waals surface area contributed by atoms with Gasteiger partial charge in [0.05, 0.1) is 11.3 Å². The molecule has 0 radical (unpaired) electrons. The van der Waals surface area contributed by atoms with Crippen molar-refractivity contribution in [2.75, 3.05) is 0 Å². The molecule has 0 unspecified atom stereocenters. The zero-order valence-electron chi connectivity index (χ0n) is 24.1. The van der Waals surface area contributed by atoms with Crippen molar-refractivity contribution in [3.05, 3.63) is 95.6 Å². The third-order valence-corrected chi connectivity index (χ3v) is 6.81. The van der Waals surface area contributed by atoms with E-state index in [-0.39, 0.29) is 35.9 Å². The van der Waals surface area contributed by atoms with Gasteiger partial charge >= 0.3 is 18.5 Å². The summed E-state index contributed by atoms with van der Waals surface area (Å²) in [4.78, 5) is 38.6. The van der Waals surface area contributed by atoms with Crippen LogP contribution in [0, 0.1) is 0 Å². The number of aliphatic carboxylic acids is 1. The van der Waals surface area contributed by atoms with Crippen LogP contribution in [0.25, 0.3) is 0 Å². The predicted molar refractivity (Wildman–Crippen MR) is 155 cm³/mol. The molecule has 0 aliphatic heterocycles. The van der Waals surface area contributed by atoms with E-state index in [1.807, 2.05) is 30.3 Å². The molecule has 0 bridgehead atoms. The fourth-order valence-electron chi connectivity index (χ4n) is 3.73. The second kappa shape index (κ2) is 16.5. The lowest BCUT2D eigenvalue weighted by Crippen LogP contribution is -2.40. The van der Waals surface area contributed by atoms with Crippen LogP contribution in [0.2, 0.25) is 0 Å². The van der Waals surface area contributed by atoms with E-state index in [9.17, 15) is 44.3 Å². The molecule has 3 aromatic carbocycles. The van der Waals surface area contributed by atoms with Crippen LogP contribution in [-0.4, -0.2) is 55.7 Å². The lowest BCUT2D eigenvalue weighted by molar-refractivity contribution is -0.274. The average molecular weight is 691 g/mol. The largest absolute Gasteiger partial charge is 0.573 e. The van der Waals surface area contributed by atoms with Gasteiger partial charge in [0.1, 0.15) is 11.8 Å². The molecule has 1 atom stereocenters. The molecule has 1 amide bonds. The highest BCUT2D eigenvalue weighted by Crippen LogP contribution is 2.23. The van der Waals surface area contributed by atoms with E-state index in [0.717, 1.165) is 23.3 Å². The summed E-state index contributed by atoms with van der Waals surface area (Å²) in [5, 5.41) is 14.6. The minimum atomic E-state index is -5.08. The molecule has 6 N–H and O–H groups in total. The van der Waals surface area contributed by atoms with Gasteiger partial charge in [-0.05, 0) is 47.4 Å². The van der Waals surface area contributed by atoms with E-state index in [1.54, 1.807) is 12.1 Å². The van der Waals surface area contributed by atoms with Crippen LogP contribution in [0.15, 0.2) is 88.8 Å². The Morgan fingerprint density at radius 1 is 0.851 bits per heavy atom. The quantitative estimate of drug-likeness (QED) is 0.133. The van der Waals surface area contributed by atoms with Gasteiger partial charge in [0.25, 0.3) is 0 Å². The van der Waals surface area contributed by atoms with Crippen LogP contribution in [-0.2, 0) is 43.7 Å². The number of ketones is 1. The number of ether oxygens (including phenoxy) is 1. The molecule has 0 aromatic heterocycles. The van der Waals surface area contributed by atoms with Gasteiger partial charge in [0.15, 0.2) is 11.7 Å². The molecule has 0 heterocycles. The summed E-state index contributed by atoms with van der Waals surface area (Å²) >= 11 is 0. The van der Waals surface area contributed by atoms with E-state index in [1.165, 1.54) is 24.3 Å². The third kappa shape index (κ3) is 14.8. The molecule has 11 nitrogen and oxygen atoms in total. The number of primary sulfonamides is 1. The van der Waals surface area contributed by atoms with E-state index in [0.29, 0.717) is 12.0 Å². The standard InChI is InChI=1S/C27H27F3N4O5S.C2HF3O2/c28-27(29,30)39-21-11-6-20(7-12-21)17-25(36)34-26(31)33-23(16-19-4-2-1-3-5-19)24(35)15-10-18-8-13-22(14-9-18)40(32,37)38;3-2(4,5)1(6)7/h1-9,11-14,23H,10,15-17H2,(H2,32,37,38)(H3,31,33,34,36);(H,6,7)/t23-;/m1./s1. The van der Waals surface area contributed by atoms with Gasteiger partial charge in [-0.2, -0.15) is 13.2 Å². The van der Waals surface area contributed by atoms with Gasteiger partial charge in [-0.15, -0.1) is 13.2 Å². The van der Waals surface area contributed by atoms with Crippen LogP contribution in [0.4, 0.5) is 26.3 Å². The number of hydrogen-bond donors (Lipinski definition) is 4. The molecular formula is C29H28F6N4O7S. The number of aryl methyl sites for hydroxylation is 1. The lowest BCUT2D eigenvalue weighted by Gasteiger charge is -2.14. The van der Waals surface area contributed by atoms with Gasteiger partial charge < -0.3 is 15.6 Å². The molecule has 0 saturated heterocycles. The van der Waals surface area contributed by atoms with Crippen molar-refractivity contribution in [2.45, 2.75) is 49.2 Å². The summed E-state index contributed by atoms with van der Waals surface area (Å²) in [6.45, 7) is 0. The van der Waals surface area contributed by atoms with E-state index >= 15 is 0 Å². The molecule has 0 spiro atoms. The number of nitrogens with one attached hydrogen (secondary N) is 1. The summed E-state index contributed by atoms with van der Waals surface area (Å²) in [5.41, 5.74) is 7.88. The van der Waals surface area contributed by atoms with Crippen LogP contribution in [0.3, 0.4) is 0 Å². The Labute approximate surface area is 264 Å². The van der Waals surface area contributed by atoms with Crippen molar-refractivity contribution >= 4 is 33.6 Å². The topological polar surface area (TPSA) is 191 Å². The Morgan fingerprint density at radius 3 is 1.87 bits per heavy atom. The number of guanidine groups is 1. The molecule has 3 rings (SSSR count). The molecule has 254 valence electrons. The van der Waals surface area contributed by atoms with Gasteiger partial charge in [0.2, 0.25) is 15.9 Å². The molecule has 0 fully saturated rings. The number of nitrogens with two attached hydrogens (primary N) is 2. The van der Waals surface area contributed by atoms with Crippen LogP contribution in [0.1, 0.15) is 23.1 Å². The van der Waals surface area contributed by atoms with E-state index in [2.05, 4.69) is 15.0 Å². The highest BCUT2D eigenvalue weighted by molar-refractivity contribution is 7.89. The van der Waals surface area contributed by atoms with Gasteiger partial charge in [-0.3, -0.25) is 14.9 Å². The molecule has 0 aliphatic rings. The highest BCUT2D eigenvalue weighted by atomic mass is 32.2. The second-order valence-electron chi connectivity index (χ2n) is 9.59. The van der Waals surface area contributed by atoms with E-state index < -0.39 is 46.2 Å². The number of carboxylic acid groups (broad SMARTS) is 1. The van der Waals surface area contributed by atoms with Crippen molar-refractivity contribution in [1.82, 2.24) is 5.32 Å². The first kappa shape index (κ1) is 38.2. The summed E-state index contributed by atoms with van der Waals surface area (Å²) in [6, 6.07) is 18.8. The van der Waals surface area contributed by atoms with Crippen molar-refractivity contribution in [3.63, 3.8) is 0 Å². The SMILES string of the molecule is NC(=N[C@H](Cc1ccccc1)C(=O)CCc1ccc(S(N)(=O)=O)cc1)NC(=O)Cc1ccc(OC(F)(F)F)cc1.O=C(O)C(F)(F)F. The monoisotopic (exact) mass is 690 g/mol. The number of rotatable bonds is 11. The fourth-order valence-corrected chi connectivity index (χ4v) is 4.25. The number of aliphatic imine (C=N–C) groups is 1. The van der Waals surface area contributed by atoms with Crippen molar-refractivity contribution < 1.29 is 59.0 Å². The fraction of sp³-hybridized carbons (Fsp3) is 0.241. The van der Waals surface area contributed by atoms with Crippen LogP contribution >= 0.6 is 0 Å². The first-order chi connectivity index (χ1) is 21.7. The normalized spacial score (nSPS) is 12.7. The highest BCUT2D eigenvalue weighted by Gasteiger charge is 2.38. The summed E-state index contributed by atoms with van der Waals surface area (Å²) in [7, 11) is -3.83. The molecule has 47 heavy (non-hydrogen) atoms. The molecule has 0 saturated carbocycles. The van der Waals surface area contributed by atoms with Crippen molar-refractivity contribution in [1.29, 1.82) is 0 Å². The van der Waals surface area contributed by atoms with Gasteiger partial charge in [-0.1, -0.05) is 54.6 Å². The number of sulfonamides is 1. The van der Waals surface area contributed by atoms with Crippen LogP contribution in [0.5, 0.6) is 5.75 Å². The smallest absolute Gasteiger partial charge is 0.475 e. The number of alkyl halides is 6. The molecule has 18 heteroatoms. The number of carboxylic acids is 1. The first-order valence-corrected chi connectivity index (χ1v) is 14.7. The molecule has 3 aromatic rings. The lowest BCUT2D eigenvalue weighted by atomic mass is 9.98. The molecular weight excluding hydrogens is 662 g/mol.